The van der Waals surface area contributed by atoms with Crippen molar-refractivity contribution in [1.82, 2.24) is 0 Å². The van der Waals surface area contributed by atoms with Crippen LogP contribution in [0.1, 0.15) is 12.8 Å². The van der Waals surface area contributed by atoms with E-state index in [1.165, 1.54) is 0 Å². The van der Waals surface area contributed by atoms with Crippen LogP contribution in [0.3, 0.4) is 0 Å². The maximum Gasteiger partial charge on any atom is 0.567 e. The van der Waals surface area contributed by atoms with E-state index in [0.29, 0.717) is 6.29 Å². The van der Waals surface area contributed by atoms with Gasteiger partial charge in [-0.1, -0.05) is 0 Å². The molecule has 4 N–H and O–H groups in total. The Kier molecular flexibility index (Phi) is 5.48. The van der Waals surface area contributed by atoms with E-state index in [9.17, 15) is 4.79 Å². The second-order valence-corrected chi connectivity index (χ2v) is 3.49. The Hall–Kier alpha value is -0.100. The Morgan fingerprint density at radius 1 is 1.42 bits per heavy atom. The number of aldehydes is 1. The third kappa shape index (κ3) is 8.00. The molecule has 0 fully saturated rings. The maximum atomic E-state index is 9.82. The molecule has 0 aliphatic heterocycles. The van der Waals surface area contributed by atoms with Gasteiger partial charge in [-0.2, -0.15) is 19.2 Å². The number of carbonyl (C=O) groups excluding carboxylic acids is 1. The quantitative estimate of drug-likeness (QED) is 0.323. The van der Waals surface area contributed by atoms with Crippen molar-refractivity contribution >= 4 is 14.5 Å². The molecular weight excluding hydrogens is 187 g/mol. The van der Waals surface area contributed by atoms with Crippen LogP contribution >= 0.6 is 8.17 Å². The first-order valence-corrected chi connectivity index (χ1v) is 4.86. The summed E-state index contributed by atoms with van der Waals surface area (Å²) in [5.41, 5.74) is 0. The molecule has 0 aliphatic carbocycles. The van der Waals surface area contributed by atoms with Gasteiger partial charge in [-0.25, -0.2) is 0 Å². The lowest BCUT2D eigenvalue weighted by atomic mass is 10.2. The van der Waals surface area contributed by atoms with Gasteiger partial charge in [0.25, 0.3) is 0 Å². The Morgan fingerprint density at radius 3 is 2.42 bits per heavy atom. The number of hydrogen-bond donors (Lipinski definition) is 4. The zero-order valence-electron chi connectivity index (χ0n) is 6.33. The molecule has 0 rings (SSSR count). The van der Waals surface area contributed by atoms with Gasteiger partial charge in [0, 0.05) is 6.42 Å². The predicted octanol–water partition coefficient (Wildman–Crippen LogP) is -1.00. The molecule has 0 saturated carbocycles. The highest BCUT2D eigenvalue weighted by molar-refractivity contribution is 7.53. The number of hydrogen-bond acceptors (Lipinski definition) is 6. The minimum Gasteiger partial charge on any atom is -0.391 e. The molecule has 72 valence electrons. The Labute approximate surface area is 70.1 Å². The number of aliphatic hydroxyl groups excluding tert-OH is 1. The van der Waals surface area contributed by atoms with Crippen molar-refractivity contribution in [3.63, 3.8) is 0 Å². The van der Waals surface area contributed by atoms with Gasteiger partial charge in [0.05, 0.1) is 6.10 Å². The molecular formula is C5H12O6P+. The van der Waals surface area contributed by atoms with E-state index in [1.807, 2.05) is 0 Å². The molecule has 0 heterocycles. The van der Waals surface area contributed by atoms with Crippen molar-refractivity contribution in [2.45, 2.75) is 18.9 Å². The van der Waals surface area contributed by atoms with Gasteiger partial charge < -0.3 is 9.90 Å². The molecule has 0 saturated heterocycles. The summed E-state index contributed by atoms with van der Waals surface area (Å²) < 4.78 is 4.10. The van der Waals surface area contributed by atoms with Crippen molar-refractivity contribution in [3.8, 4) is 0 Å². The van der Waals surface area contributed by atoms with E-state index in [1.54, 1.807) is 0 Å². The van der Waals surface area contributed by atoms with Crippen LogP contribution in [0.15, 0.2) is 0 Å². The number of rotatable bonds is 6. The smallest absolute Gasteiger partial charge is 0.391 e. The van der Waals surface area contributed by atoms with Crippen LogP contribution in [0.25, 0.3) is 0 Å². The highest BCUT2D eigenvalue weighted by atomic mass is 31.2. The van der Waals surface area contributed by atoms with Crippen molar-refractivity contribution in [1.29, 1.82) is 0 Å². The second-order valence-electron chi connectivity index (χ2n) is 2.21. The summed E-state index contributed by atoms with van der Waals surface area (Å²) in [6.45, 7) is -0.398. The van der Waals surface area contributed by atoms with E-state index in [-0.39, 0.29) is 12.8 Å². The minimum absolute atomic E-state index is 0.165. The standard InChI is InChI=1S/C5H12O6P/c6-3-1-2-5(7)4-11-12(8,9)10/h3,5,7-10H,1-2,4H2/q+1/t5-/m0/s1. The average Bonchev–Trinajstić information content (AvgIpc) is 1.95. The fraction of sp³-hybridized carbons (Fsp3) is 0.800. The van der Waals surface area contributed by atoms with Gasteiger partial charge in [0.2, 0.25) is 0 Å². The maximum absolute atomic E-state index is 9.82. The summed E-state index contributed by atoms with van der Waals surface area (Å²) in [6.07, 6.45) is -0.00876. The molecule has 0 amide bonds. The molecule has 0 radical (unpaired) electrons. The van der Waals surface area contributed by atoms with E-state index in [4.69, 9.17) is 19.8 Å². The van der Waals surface area contributed by atoms with Crippen LogP contribution in [-0.2, 0) is 9.32 Å². The molecule has 0 aromatic rings. The van der Waals surface area contributed by atoms with Crippen LogP contribution in [-0.4, -0.2) is 38.8 Å². The Morgan fingerprint density at radius 2 is 2.00 bits per heavy atom. The minimum atomic E-state index is -4.25. The monoisotopic (exact) mass is 199 g/mol. The normalized spacial score (nSPS) is 14.3. The fourth-order valence-electron chi connectivity index (χ4n) is 0.530. The lowest BCUT2D eigenvalue weighted by molar-refractivity contribution is -0.108. The molecule has 12 heavy (non-hydrogen) atoms. The molecule has 1 atom stereocenters. The van der Waals surface area contributed by atoms with Crippen LogP contribution < -0.4 is 0 Å². The average molecular weight is 199 g/mol. The predicted molar refractivity (Wildman–Crippen MR) is 40.8 cm³/mol. The lowest BCUT2D eigenvalue weighted by Crippen LogP contribution is -2.15. The molecule has 6 nitrogen and oxygen atoms in total. The number of aliphatic hydroxyl groups is 1. The Balaban J connectivity index is 3.43. The van der Waals surface area contributed by atoms with Crippen LogP contribution in [0, 0.1) is 0 Å². The summed E-state index contributed by atoms with van der Waals surface area (Å²) in [7, 11) is -4.25. The largest absolute Gasteiger partial charge is 0.567 e. The first kappa shape index (κ1) is 11.9. The molecule has 0 unspecified atom stereocenters. The zero-order valence-corrected chi connectivity index (χ0v) is 7.22. The summed E-state index contributed by atoms with van der Waals surface area (Å²) in [6, 6.07) is 0. The van der Waals surface area contributed by atoms with Gasteiger partial charge in [-0.05, 0) is 6.42 Å². The summed E-state index contributed by atoms with van der Waals surface area (Å²) in [5.74, 6) is 0. The topological polar surface area (TPSA) is 107 Å². The fourth-order valence-corrected chi connectivity index (χ4v) is 0.902. The molecule has 0 bridgehead atoms. The molecule has 0 aromatic heterocycles. The highest BCUT2D eigenvalue weighted by Crippen LogP contribution is 2.45. The first-order chi connectivity index (χ1) is 5.45. The van der Waals surface area contributed by atoms with Crippen molar-refractivity contribution in [2.75, 3.05) is 6.61 Å². The molecule has 0 aliphatic rings. The van der Waals surface area contributed by atoms with Gasteiger partial charge in [-0.3, -0.25) is 0 Å². The first-order valence-electron chi connectivity index (χ1n) is 3.29. The van der Waals surface area contributed by atoms with Gasteiger partial charge in [0.15, 0.2) is 0 Å². The van der Waals surface area contributed by atoms with Crippen LogP contribution in [0.4, 0.5) is 0 Å². The van der Waals surface area contributed by atoms with E-state index in [0.717, 1.165) is 0 Å². The summed E-state index contributed by atoms with van der Waals surface area (Å²) in [4.78, 5) is 34.8. The SMILES string of the molecule is O=CCC[C@H](O)CO[P+](O)(O)O. The summed E-state index contributed by atoms with van der Waals surface area (Å²) >= 11 is 0. The molecule has 0 spiro atoms. The molecule has 7 heteroatoms. The zero-order chi connectivity index (χ0) is 9.61. The third-order valence-electron chi connectivity index (χ3n) is 1.06. The van der Waals surface area contributed by atoms with E-state index in [2.05, 4.69) is 4.52 Å². The van der Waals surface area contributed by atoms with Gasteiger partial charge >= 0.3 is 8.17 Å². The van der Waals surface area contributed by atoms with E-state index < -0.39 is 20.9 Å². The Bertz CT molecular complexity index is 132. The lowest BCUT2D eigenvalue weighted by Gasteiger charge is -2.07. The van der Waals surface area contributed by atoms with Crippen LogP contribution in [0.5, 0.6) is 0 Å². The van der Waals surface area contributed by atoms with E-state index >= 15 is 0 Å². The van der Waals surface area contributed by atoms with Crippen molar-refractivity contribution in [3.05, 3.63) is 0 Å². The second kappa shape index (κ2) is 5.53. The van der Waals surface area contributed by atoms with Gasteiger partial charge in [-0.15, -0.1) is 0 Å². The third-order valence-corrected chi connectivity index (χ3v) is 1.55. The highest BCUT2D eigenvalue weighted by Gasteiger charge is 2.33. The summed E-state index contributed by atoms with van der Waals surface area (Å²) in [5, 5.41) is 8.94. The number of carbonyl (C=O) groups is 1. The van der Waals surface area contributed by atoms with Crippen LogP contribution in [0.2, 0.25) is 0 Å². The van der Waals surface area contributed by atoms with Gasteiger partial charge in [0.1, 0.15) is 12.9 Å². The van der Waals surface area contributed by atoms with Crippen molar-refractivity contribution in [2.24, 2.45) is 0 Å². The van der Waals surface area contributed by atoms with Crippen molar-refractivity contribution < 1.29 is 29.1 Å². The molecule has 0 aromatic carbocycles.